The molecule has 98 valence electrons. The van der Waals surface area contributed by atoms with Crippen molar-refractivity contribution in [2.75, 3.05) is 5.88 Å². The average molecular weight is 331 g/mol. The highest BCUT2D eigenvalue weighted by Crippen LogP contribution is 2.26. The van der Waals surface area contributed by atoms with Gasteiger partial charge in [-0.25, -0.2) is 9.97 Å². The molecule has 1 unspecified atom stereocenters. The zero-order valence-electron chi connectivity index (χ0n) is 10.8. The molecule has 0 aromatic carbocycles. The van der Waals surface area contributed by atoms with E-state index in [-0.39, 0.29) is 0 Å². The molecule has 2 aromatic heterocycles. The van der Waals surface area contributed by atoms with Crippen LogP contribution in [-0.2, 0) is 6.42 Å². The summed E-state index contributed by atoms with van der Waals surface area (Å²) in [5, 5.41) is 0. The normalized spacial score (nSPS) is 13.4. The van der Waals surface area contributed by atoms with Crippen LogP contribution in [0.1, 0.15) is 32.6 Å². The van der Waals surface area contributed by atoms with E-state index in [9.17, 15) is 0 Å². The molecule has 2 rings (SSSR count). The lowest BCUT2D eigenvalue weighted by atomic mass is 10.1. The first-order valence-corrected chi connectivity index (χ1v) is 7.45. The van der Waals surface area contributed by atoms with Crippen molar-refractivity contribution >= 4 is 38.7 Å². The van der Waals surface area contributed by atoms with E-state index in [1.807, 2.05) is 12.3 Å². The SMILES string of the molecule is CC(C)C(C)n1c(CCCl)nc2cc(Br)cnc21. The van der Waals surface area contributed by atoms with Gasteiger partial charge in [-0.05, 0) is 34.8 Å². The summed E-state index contributed by atoms with van der Waals surface area (Å²) in [7, 11) is 0. The average Bonchev–Trinajstić information content (AvgIpc) is 2.65. The van der Waals surface area contributed by atoms with E-state index in [2.05, 4.69) is 51.2 Å². The van der Waals surface area contributed by atoms with Gasteiger partial charge < -0.3 is 4.57 Å². The Kier molecular flexibility index (Phi) is 4.28. The Balaban J connectivity index is 2.62. The number of hydrogen-bond donors (Lipinski definition) is 0. The van der Waals surface area contributed by atoms with Crippen LogP contribution in [0.4, 0.5) is 0 Å². The lowest BCUT2D eigenvalue weighted by molar-refractivity contribution is 0.405. The number of rotatable bonds is 4. The Morgan fingerprint density at radius 3 is 2.72 bits per heavy atom. The molecular formula is C13H17BrClN3. The van der Waals surface area contributed by atoms with Gasteiger partial charge in [0.2, 0.25) is 0 Å². The third-order valence-electron chi connectivity index (χ3n) is 3.26. The number of fused-ring (bicyclic) bond motifs is 1. The predicted molar refractivity (Wildman–Crippen MR) is 79.2 cm³/mol. The maximum Gasteiger partial charge on any atom is 0.160 e. The highest BCUT2D eigenvalue weighted by Gasteiger charge is 2.18. The fourth-order valence-corrected chi connectivity index (χ4v) is 2.48. The van der Waals surface area contributed by atoms with Gasteiger partial charge in [-0.1, -0.05) is 13.8 Å². The van der Waals surface area contributed by atoms with Gasteiger partial charge in [0.15, 0.2) is 5.65 Å². The molecule has 18 heavy (non-hydrogen) atoms. The highest BCUT2D eigenvalue weighted by molar-refractivity contribution is 9.10. The van der Waals surface area contributed by atoms with Crippen molar-refractivity contribution in [1.82, 2.24) is 14.5 Å². The molecule has 0 radical (unpaired) electrons. The quantitative estimate of drug-likeness (QED) is 0.787. The van der Waals surface area contributed by atoms with Crippen LogP contribution < -0.4 is 0 Å². The molecular weight excluding hydrogens is 314 g/mol. The van der Waals surface area contributed by atoms with Crippen LogP contribution >= 0.6 is 27.5 Å². The van der Waals surface area contributed by atoms with E-state index in [1.165, 1.54) is 0 Å². The number of imidazole rings is 1. The van der Waals surface area contributed by atoms with Crippen LogP contribution in [0.5, 0.6) is 0 Å². The van der Waals surface area contributed by atoms with E-state index in [0.717, 1.165) is 27.9 Å². The second-order valence-corrected chi connectivity index (χ2v) is 6.11. The molecule has 0 aliphatic heterocycles. The summed E-state index contributed by atoms with van der Waals surface area (Å²) in [5.74, 6) is 2.13. The van der Waals surface area contributed by atoms with Crippen molar-refractivity contribution < 1.29 is 0 Å². The molecule has 0 saturated carbocycles. The van der Waals surface area contributed by atoms with Crippen LogP contribution in [0.3, 0.4) is 0 Å². The van der Waals surface area contributed by atoms with Crippen molar-refractivity contribution in [1.29, 1.82) is 0 Å². The summed E-state index contributed by atoms with van der Waals surface area (Å²) in [6.45, 7) is 6.62. The van der Waals surface area contributed by atoms with Gasteiger partial charge in [-0.3, -0.25) is 0 Å². The lowest BCUT2D eigenvalue weighted by Gasteiger charge is -2.20. The fourth-order valence-electron chi connectivity index (χ4n) is 1.99. The van der Waals surface area contributed by atoms with E-state index in [4.69, 9.17) is 11.6 Å². The summed E-state index contributed by atoms with van der Waals surface area (Å²) in [6.07, 6.45) is 2.59. The van der Waals surface area contributed by atoms with E-state index >= 15 is 0 Å². The second-order valence-electron chi connectivity index (χ2n) is 4.82. The Morgan fingerprint density at radius 1 is 1.39 bits per heavy atom. The molecule has 2 aromatic rings. The van der Waals surface area contributed by atoms with Crippen molar-refractivity contribution in [3.8, 4) is 0 Å². The Bertz CT molecular complexity index is 550. The molecule has 3 nitrogen and oxygen atoms in total. The first kappa shape index (κ1) is 13.8. The van der Waals surface area contributed by atoms with Gasteiger partial charge in [0, 0.05) is 29.0 Å². The molecule has 5 heteroatoms. The van der Waals surface area contributed by atoms with Crippen LogP contribution in [0.25, 0.3) is 11.2 Å². The Morgan fingerprint density at radius 2 is 2.11 bits per heavy atom. The Hall–Kier alpha value is -0.610. The maximum absolute atomic E-state index is 5.87. The molecule has 0 N–H and O–H groups in total. The number of pyridine rings is 1. The largest absolute Gasteiger partial charge is 0.310 e. The minimum atomic E-state index is 0.363. The summed E-state index contributed by atoms with van der Waals surface area (Å²) in [4.78, 5) is 9.15. The molecule has 0 fully saturated rings. The summed E-state index contributed by atoms with van der Waals surface area (Å²) < 4.78 is 3.17. The minimum absolute atomic E-state index is 0.363. The zero-order valence-corrected chi connectivity index (χ0v) is 13.2. The van der Waals surface area contributed by atoms with Crippen molar-refractivity contribution in [3.63, 3.8) is 0 Å². The Labute approximate surface area is 121 Å². The number of hydrogen-bond acceptors (Lipinski definition) is 2. The lowest BCUT2D eigenvalue weighted by Crippen LogP contribution is -2.15. The molecule has 0 bridgehead atoms. The predicted octanol–water partition coefficient (Wildman–Crippen LogP) is 4.19. The van der Waals surface area contributed by atoms with Crippen molar-refractivity contribution in [2.24, 2.45) is 5.92 Å². The van der Waals surface area contributed by atoms with Crippen LogP contribution in [-0.4, -0.2) is 20.4 Å². The zero-order chi connectivity index (χ0) is 13.3. The molecule has 0 aliphatic carbocycles. The number of alkyl halides is 1. The van der Waals surface area contributed by atoms with Crippen LogP contribution in [0.2, 0.25) is 0 Å². The molecule has 0 saturated heterocycles. The van der Waals surface area contributed by atoms with E-state index in [0.29, 0.717) is 17.8 Å². The van der Waals surface area contributed by atoms with Crippen molar-refractivity contribution in [2.45, 2.75) is 33.2 Å². The van der Waals surface area contributed by atoms with Gasteiger partial charge in [0.1, 0.15) is 11.3 Å². The third kappa shape index (κ3) is 2.54. The van der Waals surface area contributed by atoms with Gasteiger partial charge in [0.25, 0.3) is 0 Å². The number of nitrogens with zero attached hydrogens (tertiary/aromatic N) is 3. The van der Waals surface area contributed by atoms with E-state index < -0.39 is 0 Å². The highest BCUT2D eigenvalue weighted by atomic mass is 79.9. The monoisotopic (exact) mass is 329 g/mol. The summed E-state index contributed by atoms with van der Waals surface area (Å²) in [6, 6.07) is 2.37. The summed E-state index contributed by atoms with van der Waals surface area (Å²) >= 11 is 9.30. The van der Waals surface area contributed by atoms with Gasteiger partial charge >= 0.3 is 0 Å². The number of halogens is 2. The van der Waals surface area contributed by atoms with E-state index in [1.54, 1.807) is 0 Å². The first-order valence-electron chi connectivity index (χ1n) is 6.13. The number of aromatic nitrogens is 3. The third-order valence-corrected chi connectivity index (χ3v) is 3.88. The van der Waals surface area contributed by atoms with Crippen LogP contribution in [0.15, 0.2) is 16.7 Å². The topological polar surface area (TPSA) is 30.7 Å². The van der Waals surface area contributed by atoms with Gasteiger partial charge in [-0.15, -0.1) is 11.6 Å². The second kappa shape index (κ2) is 5.57. The molecule has 2 heterocycles. The maximum atomic E-state index is 5.87. The molecule has 1 atom stereocenters. The van der Waals surface area contributed by atoms with Gasteiger partial charge in [-0.2, -0.15) is 0 Å². The molecule has 0 amide bonds. The smallest absolute Gasteiger partial charge is 0.160 e. The molecule has 0 aliphatic rings. The summed E-state index contributed by atoms with van der Waals surface area (Å²) in [5.41, 5.74) is 1.87. The first-order chi connectivity index (χ1) is 8.54. The van der Waals surface area contributed by atoms with Gasteiger partial charge in [0.05, 0.1) is 0 Å². The number of aryl methyl sites for hydroxylation is 1. The van der Waals surface area contributed by atoms with Crippen molar-refractivity contribution in [3.05, 3.63) is 22.6 Å². The fraction of sp³-hybridized carbons (Fsp3) is 0.538. The molecule has 0 spiro atoms. The standard InChI is InChI=1S/C13H17BrClN3/c1-8(2)9(3)18-12(4-5-15)17-11-6-10(14)7-16-13(11)18/h6-9H,4-5H2,1-3H3. The van der Waals surface area contributed by atoms with Crippen LogP contribution in [0, 0.1) is 5.92 Å². The minimum Gasteiger partial charge on any atom is -0.310 e.